The fourth-order valence-corrected chi connectivity index (χ4v) is 2.59. The molecule has 0 aliphatic carbocycles. The van der Waals surface area contributed by atoms with Crippen LogP contribution >= 0.6 is 0 Å². The standard InChI is InChI=1S/C15H16N2O3/c18-14(19)9-12-10-17(7-8-20-12)15-13-4-2-1-3-11(13)5-6-16-15/h1-6,12H,7-10H2,(H,18,19). The van der Waals surface area contributed by atoms with Crippen LogP contribution in [0.15, 0.2) is 36.5 Å². The summed E-state index contributed by atoms with van der Waals surface area (Å²) in [7, 11) is 0. The van der Waals surface area contributed by atoms with Crippen molar-refractivity contribution in [1.29, 1.82) is 0 Å². The van der Waals surface area contributed by atoms with Crippen LogP contribution in [0.25, 0.3) is 10.8 Å². The Bertz CT molecular complexity index is 624. The predicted octanol–water partition coefficient (Wildman–Crippen LogP) is 1.91. The molecule has 1 atom stereocenters. The number of ether oxygens (including phenoxy) is 1. The van der Waals surface area contributed by atoms with Gasteiger partial charge in [-0.15, -0.1) is 0 Å². The van der Waals surface area contributed by atoms with Crippen LogP contribution in [0.1, 0.15) is 6.42 Å². The summed E-state index contributed by atoms with van der Waals surface area (Å²) in [6, 6.07) is 10.1. The molecule has 1 fully saturated rings. The van der Waals surface area contributed by atoms with Crippen molar-refractivity contribution in [2.45, 2.75) is 12.5 Å². The van der Waals surface area contributed by atoms with E-state index in [0.717, 1.165) is 23.1 Å². The molecule has 0 amide bonds. The molecule has 1 saturated heterocycles. The molecule has 3 rings (SSSR count). The molecule has 20 heavy (non-hydrogen) atoms. The Hall–Kier alpha value is -2.14. The Balaban J connectivity index is 1.88. The summed E-state index contributed by atoms with van der Waals surface area (Å²) in [6.45, 7) is 1.83. The number of aliphatic carboxylic acids is 1. The number of rotatable bonds is 3. The number of nitrogens with zero attached hydrogens (tertiary/aromatic N) is 2. The van der Waals surface area contributed by atoms with Crippen molar-refractivity contribution in [3.63, 3.8) is 0 Å². The molecule has 2 heterocycles. The van der Waals surface area contributed by atoms with Crippen LogP contribution in [-0.4, -0.2) is 41.9 Å². The van der Waals surface area contributed by atoms with Gasteiger partial charge in [0.25, 0.3) is 0 Å². The van der Waals surface area contributed by atoms with E-state index >= 15 is 0 Å². The van der Waals surface area contributed by atoms with Gasteiger partial charge in [-0.3, -0.25) is 4.79 Å². The second kappa shape index (κ2) is 5.46. The van der Waals surface area contributed by atoms with Crippen LogP contribution in [-0.2, 0) is 9.53 Å². The molecule has 0 saturated carbocycles. The molecular formula is C15H16N2O3. The molecular weight excluding hydrogens is 256 g/mol. The van der Waals surface area contributed by atoms with Crippen molar-refractivity contribution in [1.82, 2.24) is 4.98 Å². The van der Waals surface area contributed by atoms with E-state index in [0.29, 0.717) is 13.2 Å². The Morgan fingerprint density at radius 1 is 1.40 bits per heavy atom. The molecule has 0 radical (unpaired) electrons. The molecule has 0 spiro atoms. The summed E-state index contributed by atoms with van der Waals surface area (Å²) in [6.07, 6.45) is 1.54. The summed E-state index contributed by atoms with van der Waals surface area (Å²) >= 11 is 0. The topological polar surface area (TPSA) is 62.7 Å². The molecule has 5 nitrogen and oxygen atoms in total. The molecule has 5 heteroatoms. The molecule has 104 valence electrons. The first-order valence-electron chi connectivity index (χ1n) is 6.66. The van der Waals surface area contributed by atoms with Crippen molar-refractivity contribution >= 4 is 22.6 Å². The highest BCUT2D eigenvalue weighted by molar-refractivity contribution is 5.92. The first-order chi connectivity index (χ1) is 9.74. The van der Waals surface area contributed by atoms with Crippen molar-refractivity contribution < 1.29 is 14.6 Å². The highest BCUT2D eigenvalue weighted by Gasteiger charge is 2.24. The van der Waals surface area contributed by atoms with Gasteiger partial charge in [0.2, 0.25) is 0 Å². The van der Waals surface area contributed by atoms with Gasteiger partial charge in [0.15, 0.2) is 0 Å². The molecule has 1 aliphatic heterocycles. The lowest BCUT2D eigenvalue weighted by Gasteiger charge is -2.33. The third-order valence-corrected chi connectivity index (χ3v) is 3.49. The number of carboxylic acids is 1. The van der Waals surface area contributed by atoms with E-state index in [1.807, 2.05) is 24.3 Å². The van der Waals surface area contributed by atoms with Gasteiger partial charge < -0.3 is 14.7 Å². The lowest BCUT2D eigenvalue weighted by molar-refractivity contribution is -0.140. The number of pyridine rings is 1. The number of carboxylic acid groups (broad SMARTS) is 1. The third-order valence-electron chi connectivity index (χ3n) is 3.49. The van der Waals surface area contributed by atoms with E-state index in [4.69, 9.17) is 9.84 Å². The molecule has 1 N–H and O–H groups in total. The van der Waals surface area contributed by atoms with Gasteiger partial charge in [-0.1, -0.05) is 24.3 Å². The van der Waals surface area contributed by atoms with Gasteiger partial charge in [-0.25, -0.2) is 4.98 Å². The summed E-state index contributed by atoms with van der Waals surface area (Å²) in [4.78, 5) is 17.4. The smallest absolute Gasteiger partial charge is 0.306 e. The van der Waals surface area contributed by atoms with Crippen LogP contribution in [0, 0.1) is 0 Å². The van der Waals surface area contributed by atoms with Gasteiger partial charge >= 0.3 is 5.97 Å². The van der Waals surface area contributed by atoms with E-state index in [-0.39, 0.29) is 12.5 Å². The Morgan fingerprint density at radius 3 is 3.10 bits per heavy atom. The molecule has 1 aromatic heterocycles. The molecule has 1 aromatic carbocycles. The van der Waals surface area contributed by atoms with E-state index < -0.39 is 5.97 Å². The fourth-order valence-electron chi connectivity index (χ4n) is 2.59. The van der Waals surface area contributed by atoms with Crippen molar-refractivity contribution in [2.24, 2.45) is 0 Å². The normalized spacial score (nSPS) is 19.2. The molecule has 1 unspecified atom stereocenters. The monoisotopic (exact) mass is 272 g/mol. The Morgan fingerprint density at radius 2 is 2.25 bits per heavy atom. The summed E-state index contributed by atoms with van der Waals surface area (Å²) in [5.74, 6) is 0.0736. The maximum absolute atomic E-state index is 10.8. The molecule has 1 aliphatic rings. The zero-order chi connectivity index (χ0) is 13.9. The lowest BCUT2D eigenvalue weighted by atomic mass is 10.1. The number of fused-ring (bicyclic) bond motifs is 1. The highest BCUT2D eigenvalue weighted by Crippen LogP contribution is 2.25. The maximum Gasteiger partial charge on any atom is 0.306 e. The third kappa shape index (κ3) is 2.58. The van der Waals surface area contributed by atoms with Crippen LogP contribution < -0.4 is 4.90 Å². The molecule has 2 aromatic rings. The summed E-state index contributed by atoms with van der Waals surface area (Å²) in [5.41, 5.74) is 0. The minimum Gasteiger partial charge on any atom is -0.481 e. The average molecular weight is 272 g/mol. The predicted molar refractivity (Wildman–Crippen MR) is 75.9 cm³/mol. The van der Waals surface area contributed by atoms with E-state index in [1.54, 1.807) is 6.20 Å². The second-order valence-corrected chi connectivity index (χ2v) is 4.89. The number of benzene rings is 1. The van der Waals surface area contributed by atoms with Gasteiger partial charge in [0, 0.05) is 24.7 Å². The number of hydrogen-bond donors (Lipinski definition) is 1. The first kappa shape index (κ1) is 12.9. The van der Waals surface area contributed by atoms with Crippen LogP contribution in [0.2, 0.25) is 0 Å². The van der Waals surface area contributed by atoms with Crippen molar-refractivity contribution in [2.75, 3.05) is 24.6 Å². The first-order valence-corrected chi connectivity index (χ1v) is 6.66. The van der Waals surface area contributed by atoms with Gasteiger partial charge in [-0.05, 0) is 11.5 Å². The summed E-state index contributed by atoms with van der Waals surface area (Å²) in [5, 5.41) is 11.1. The fraction of sp³-hybridized carbons (Fsp3) is 0.333. The zero-order valence-corrected chi connectivity index (χ0v) is 11.0. The van der Waals surface area contributed by atoms with Crippen LogP contribution in [0.3, 0.4) is 0 Å². The lowest BCUT2D eigenvalue weighted by Crippen LogP contribution is -2.43. The van der Waals surface area contributed by atoms with Gasteiger partial charge in [0.05, 0.1) is 19.1 Å². The maximum atomic E-state index is 10.8. The van der Waals surface area contributed by atoms with Crippen LogP contribution in [0.4, 0.5) is 5.82 Å². The number of anilines is 1. The van der Waals surface area contributed by atoms with Crippen molar-refractivity contribution in [3.8, 4) is 0 Å². The minimum absolute atomic E-state index is 0.0290. The Kier molecular flexibility index (Phi) is 3.52. The summed E-state index contributed by atoms with van der Waals surface area (Å²) < 4.78 is 5.50. The largest absolute Gasteiger partial charge is 0.481 e. The number of carbonyl (C=O) groups is 1. The highest BCUT2D eigenvalue weighted by atomic mass is 16.5. The van der Waals surface area contributed by atoms with Gasteiger partial charge in [0.1, 0.15) is 5.82 Å². The van der Waals surface area contributed by atoms with E-state index in [2.05, 4.69) is 16.0 Å². The minimum atomic E-state index is -0.831. The average Bonchev–Trinajstić information content (AvgIpc) is 2.46. The Labute approximate surface area is 116 Å². The zero-order valence-electron chi connectivity index (χ0n) is 11.0. The number of aromatic nitrogens is 1. The number of hydrogen-bond acceptors (Lipinski definition) is 4. The van der Waals surface area contributed by atoms with Gasteiger partial charge in [-0.2, -0.15) is 0 Å². The van der Waals surface area contributed by atoms with E-state index in [1.165, 1.54) is 0 Å². The number of morpholine rings is 1. The SMILES string of the molecule is O=C(O)CC1CN(c2nccc3ccccc23)CCO1. The van der Waals surface area contributed by atoms with E-state index in [9.17, 15) is 4.79 Å². The van der Waals surface area contributed by atoms with Crippen molar-refractivity contribution in [3.05, 3.63) is 36.5 Å². The second-order valence-electron chi connectivity index (χ2n) is 4.89. The quantitative estimate of drug-likeness (QED) is 0.924. The molecule has 0 bridgehead atoms. The van der Waals surface area contributed by atoms with Crippen LogP contribution in [0.5, 0.6) is 0 Å².